The number of carbonyl (C=O) groups is 1. The topological polar surface area (TPSA) is 147 Å². The van der Waals surface area contributed by atoms with Crippen LogP contribution in [0.3, 0.4) is 0 Å². The first-order valence-electron chi connectivity index (χ1n) is 15.6. The lowest BCUT2D eigenvalue weighted by Gasteiger charge is -2.52. The summed E-state index contributed by atoms with van der Waals surface area (Å²) in [6.45, 7) is 6.95. The van der Waals surface area contributed by atoms with Crippen molar-refractivity contribution in [1.82, 2.24) is 20.4 Å². The van der Waals surface area contributed by atoms with Crippen molar-refractivity contribution in [3.05, 3.63) is 12.3 Å². The third-order valence-electron chi connectivity index (χ3n) is 9.88. The normalized spacial score (nSPS) is 36.0. The number of nitrogens with zero attached hydrogens (tertiary/aromatic N) is 3. The molecule has 4 rings (SSSR count). The second-order valence-electron chi connectivity index (χ2n) is 13.3. The second kappa shape index (κ2) is 14.1. The van der Waals surface area contributed by atoms with E-state index in [0.29, 0.717) is 24.4 Å². The van der Waals surface area contributed by atoms with E-state index in [2.05, 4.69) is 51.5 Å². The van der Waals surface area contributed by atoms with Crippen LogP contribution in [0.1, 0.15) is 90.9 Å². The summed E-state index contributed by atoms with van der Waals surface area (Å²) in [6.07, 6.45) is 16.4. The monoisotopic (exact) mass is 562 g/mol. The van der Waals surface area contributed by atoms with Gasteiger partial charge in [-0.2, -0.15) is 0 Å². The van der Waals surface area contributed by atoms with Crippen LogP contribution in [0, 0.1) is 5.92 Å². The highest BCUT2D eigenvalue weighted by Crippen LogP contribution is 2.36. The number of unbranched alkanes of at least 4 members (excludes halogenated alkanes) is 4. The molecule has 10 heteroatoms. The van der Waals surface area contributed by atoms with E-state index in [4.69, 9.17) is 5.73 Å². The van der Waals surface area contributed by atoms with Crippen LogP contribution in [0.25, 0.3) is 0 Å². The number of aliphatic hydroxyl groups is 2. The molecule has 10 nitrogen and oxygen atoms in total. The van der Waals surface area contributed by atoms with E-state index in [0.717, 1.165) is 71.1 Å². The van der Waals surface area contributed by atoms with Gasteiger partial charge in [-0.05, 0) is 71.0 Å². The number of fused-ring (bicyclic) bond motifs is 1. The number of aliphatic hydroxyl groups excluding tert-OH is 1. The van der Waals surface area contributed by atoms with Crippen molar-refractivity contribution in [1.29, 1.82) is 0 Å². The highest BCUT2D eigenvalue weighted by Gasteiger charge is 2.43. The maximum atomic E-state index is 11.5. The summed E-state index contributed by atoms with van der Waals surface area (Å²) in [5, 5.41) is 37.9. The molecule has 40 heavy (non-hydrogen) atoms. The molecule has 4 heterocycles. The number of carboxylic acids is 1. The zero-order valence-corrected chi connectivity index (χ0v) is 24.7. The quantitative estimate of drug-likeness (QED) is 0.175. The number of aliphatic imine (C=N–C) groups is 1. The van der Waals surface area contributed by atoms with E-state index in [1.807, 2.05) is 6.21 Å². The van der Waals surface area contributed by atoms with Crippen molar-refractivity contribution in [3.8, 4) is 0 Å². The third kappa shape index (κ3) is 8.49. The van der Waals surface area contributed by atoms with Gasteiger partial charge in [0.25, 0.3) is 0 Å². The molecule has 4 aliphatic heterocycles. The van der Waals surface area contributed by atoms with Crippen LogP contribution >= 0.6 is 0 Å². The molecule has 0 spiro atoms. The van der Waals surface area contributed by atoms with Gasteiger partial charge in [-0.3, -0.25) is 14.7 Å². The average molecular weight is 563 g/mol. The molecular weight excluding hydrogens is 508 g/mol. The minimum atomic E-state index is -1.25. The maximum Gasteiger partial charge on any atom is 0.306 e. The number of nitrogens with one attached hydrogen (secondary N) is 2. The highest BCUT2D eigenvalue weighted by atomic mass is 16.4. The van der Waals surface area contributed by atoms with Gasteiger partial charge < -0.3 is 36.6 Å². The van der Waals surface area contributed by atoms with Crippen LogP contribution in [0.2, 0.25) is 0 Å². The van der Waals surface area contributed by atoms with Crippen LogP contribution in [0.4, 0.5) is 0 Å². The van der Waals surface area contributed by atoms with Crippen molar-refractivity contribution < 1.29 is 20.1 Å². The standard InChI is InChI=1S/C30H54N6O4/c1-22-26(37)17-24(35-15-13-32-21-35)25-16-23(9-14-36(22)25)8-6-4-3-5-7-10-30(40,19-28(38)39)20-34-29(2)11-12-33-27(31)18-29/h9,13-14,22-27,33-34,37,40H,3-8,10-12,15-21,31H2,1-2H3,(H,38,39). The van der Waals surface area contributed by atoms with Gasteiger partial charge in [0.15, 0.2) is 0 Å². The summed E-state index contributed by atoms with van der Waals surface area (Å²) >= 11 is 0. The predicted molar refractivity (Wildman–Crippen MR) is 158 cm³/mol. The van der Waals surface area contributed by atoms with Crippen LogP contribution in [0.15, 0.2) is 17.3 Å². The Balaban J connectivity index is 1.16. The first-order valence-corrected chi connectivity index (χ1v) is 15.6. The van der Waals surface area contributed by atoms with E-state index in [9.17, 15) is 20.1 Å². The van der Waals surface area contributed by atoms with E-state index >= 15 is 0 Å². The number of hydrogen-bond donors (Lipinski definition) is 6. The molecule has 2 saturated heterocycles. The number of aliphatic carboxylic acids is 1. The van der Waals surface area contributed by atoms with Gasteiger partial charge in [0.05, 0.1) is 37.0 Å². The van der Waals surface area contributed by atoms with Crippen LogP contribution in [-0.4, -0.2) is 105 Å². The third-order valence-corrected chi connectivity index (χ3v) is 9.88. The molecule has 0 bridgehead atoms. The fourth-order valence-electron chi connectivity index (χ4n) is 7.31. The van der Waals surface area contributed by atoms with Crippen molar-refractivity contribution >= 4 is 12.2 Å². The van der Waals surface area contributed by atoms with Gasteiger partial charge in [-0.1, -0.05) is 38.2 Å². The van der Waals surface area contributed by atoms with Gasteiger partial charge in [0.1, 0.15) is 0 Å². The molecule has 228 valence electrons. The number of allylic oxidation sites excluding steroid dienone is 1. The largest absolute Gasteiger partial charge is 0.481 e. The Morgan fingerprint density at radius 3 is 2.73 bits per heavy atom. The minimum Gasteiger partial charge on any atom is -0.481 e. The number of rotatable bonds is 14. The molecule has 8 atom stereocenters. The Hall–Kier alpha value is -1.56. The first kappa shape index (κ1) is 31.4. The van der Waals surface area contributed by atoms with E-state index < -0.39 is 11.6 Å². The molecule has 4 aliphatic rings. The molecule has 0 aliphatic carbocycles. The number of carboxylic acid groups (broad SMARTS) is 1. The molecule has 2 fully saturated rings. The highest BCUT2D eigenvalue weighted by molar-refractivity contribution is 5.68. The van der Waals surface area contributed by atoms with E-state index in [-0.39, 0.29) is 36.8 Å². The smallest absolute Gasteiger partial charge is 0.306 e. The molecule has 7 N–H and O–H groups in total. The summed E-state index contributed by atoms with van der Waals surface area (Å²) in [4.78, 5) is 20.7. The molecule has 0 aromatic heterocycles. The number of β-amino-alcohol motifs (C(OH)–C–C–N with tert-alkyl or cyclic N) is 1. The van der Waals surface area contributed by atoms with E-state index in [1.165, 1.54) is 12.8 Å². The summed E-state index contributed by atoms with van der Waals surface area (Å²) in [5.41, 5.74) is 4.62. The van der Waals surface area contributed by atoms with Crippen molar-refractivity contribution in [2.45, 2.75) is 132 Å². The van der Waals surface area contributed by atoms with Gasteiger partial charge in [0, 0.05) is 36.9 Å². The average Bonchev–Trinajstić information content (AvgIpc) is 3.43. The summed E-state index contributed by atoms with van der Waals surface area (Å²) < 4.78 is 0. The number of nitrogens with two attached hydrogens (primary N) is 1. The Bertz CT molecular complexity index is 880. The number of piperidine rings is 2. The minimum absolute atomic E-state index is 0.0814. The fourth-order valence-corrected chi connectivity index (χ4v) is 7.31. The van der Waals surface area contributed by atoms with Crippen LogP contribution < -0.4 is 16.4 Å². The summed E-state index contributed by atoms with van der Waals surface area (Å²) in [6, 6.07) is 0.921. The predicted octanol–water partition coefficient (Wildman–Crippen LogP) is 2.01. The van der Waals surface area contributed by atoms with Crippen molar-refractivity contribution in [3.63, 3.8) is 0 Å². The lowest BCUT2D eigenvalue weighted by Crippen LogP contribution is -2.62. The molecular formula is C30H54N6O4. The Morgan fingerprint density at radius 1 is 1.23 bits per heavy atom. The zero-order chi connectivity index (χ0) is 28.8. The number of hydrogen-bond acceptors (Lipinski definition) is 9. The SMILES string of the molecule is CC1C(O)CC(N2CC=NC2)C2CC(CCCCCCCC(O)(CNC3(C)CCNC(N)C3)CC(=O)O)C=CN12. The molecule has 0 aromatic carbocycles. The lowest BCUT2D eigenvalue weighted by atomic mass is 9.80. The molecule has 8 unspecified atom stereocenters. The van der Waals surface area contributed by atoms with Crippen LogP contribution in [0.5, 0.6) is 0 Å². The van der Waals surface area contributed by atoms with Gasteiger partial charge >= 0.3 is 5.97 Å². The van der Waals surface area contributed by atoms with Crippen LogP contribution in [-0.2, 0) is 4.79 Å². The zero-order valence-electron chi connectivity index (χ0n) is 24.7. The summed E-state index contributed by atoms with van der Waals surface area (Å²) in [7, 11) is 0. The van der Waals surface area contributed by atoms with Gasteiger partial charge in [0.2, 0.25) is 0 Å². The van der Waals surface area contributed by atoms with Crippen molar-refractivity contribution in [2.24, 2.45) is 16.6 Å². The molecule has 0 aromatic rings. The van der Waals surface area contributed by atoms with E-state index in [1.54, 1.807) is 0 Å². The Kier molecular flexibility index (Phi) is 11.0. The Labute approximate surface area is 240 Å². The lowest BCUT2D eigenvalue weighted by molar-refractivity contribution is -0.143. The molecule has 0 radical (unpaired) electrons. The first-order chi connectivity index (χ1) is 19.1. The second-order valence-corrected chi connectivity index (χ2v) is 13.3. The maximum absolute atomic E-state index is 11.5. The molecule has 0 saturated carbocycles. The van der Waals surface area contributed by atoms with Gasteiger partial charge in [-0.15, -0.1) is 0 Å². The Morgan fingerprint density at radius 2 is 2.00 bits per heavy atom. The van der Waals surface area contributed by atoms with Gasteiger partial charge in [-0.25, -0.2) is 0 Å². The molecule has 0 amide bonds. The fraction of sp³-hybridized carbons (Fsp3) is 0.867. The summed E-state index contributed by atoms with van der Waals surface area (Å²) in [5.74, 6) is -0.400. The van der Waals surface area contributed by atoms with Crippen molar-refractivity contribution in [2.75, 3.05) is 26.3 Å².